The fourth-order valence-electron chi connectivity index (χ4n) is 2.28. The second kappa shape index (κ2) is 4.84. The fraction of sp³-hybridized carbons (Fsp3) is 0.417. The molecule has 2 rings (SSSR count). The lowest BCUT2D eigenvalue weighted by atomic mass is 9.82. The highest BCUT2D eigenvalue weighted by atomic mass is 35.5. The summed E-state index contributed by atoms with van der Waals surface area (Å²) < 4.78 is 0. The minimum absolute atomic E-state index is 0.00495. The Balaban J connectivity index is 2.45. The third-order valence-corrected chi connectivity index (χ3v) is 3.35. The molecule has 0 saturated heterocycles. The van der Waals surface area contributed by atoms with Crippen molar-refractivity contribution in [3.05, 3.63) is 38.9 Å². The van der Waals surface area contributed by atoms with Crippen LogP contribution in [-0.4, -0.2) is 10.7 Å². The largest absolute Gasteiger partial charge is 0.299 e. The molecule has 0 aromatic heterocycles. The first-order chi connectivity index (χ1) is 8.09. The minimum Gasteiger partial charge on any atom is -0.299 e. The predicted molar refractivity (Wildman–Crippen MR) is 64.3 cm³/mol. The lowest BCUT2D eigenvalue weighted by Gasteiger charge is -2.20. The number of halogens is 1. The van der Waals surface area contributed by atoms with Gasteiger partial charge in [0, 0.05) is 29.0 Å². The second-order valence-electron chi connectivity index (χ2n) is 4.22. The van der Waals surface area contributed by atoms with Gasteiger partial charge in [-0.1, -0.05) is 18.0 Å². The Labute approximate surface area is 104 Å². The summed E-state index contributed by atoms with van der Waals surface area (Å²) in [5.74, 6) is -0.274. The number of benzene rings is 1. The molecule has 0 bridgehead atoms. The van der Waals surface area contributed by atoms with E-state index >= 15 is 0 Å². The van der Waals surface area contributed by atoms with Gasteiger partial charge in [0.15, 0.2) is 0 Å². The van der Waals surface area contributed by atoms with E-state index in [0.29, 0.717) is 23.4 Å². The molecule has 17 heavy (non-hydrogen) atoms. The van der Waals surface area contributed by atoms with Crippen molar-refractivity contribution < 1.29 is 9.72 Å². The number of carbonyl (C=O) groups is 1. The van der Waals surface area contributed by atoms with Crippen LogP contribution in [0.1, 0.15) is 37.2 Å². The minimum atomic E-state index is -0.451. The fourth-order valence-corrected chi connectivity index (χ4v) is 2.46. The maximum atomic E-state index is 11.8. The zero-order valence-corrected chi connectivity index (χ0v) is 9.94. The summed E-state index contributed by atoms with van der Waals surface area (Å²) in [6, 6.07) is 4.41. The van der Waals surface area contributed by atoms with Crippen LogP contribution in [0.5, 0.6) is 0 Å². The Kier molecular flexibility index (Phi) is 3.43. The van der Waals surface area contributed by atoms with Crippen LogP contribution in [0.2, 0.25) is 5.02 Å². The van der Waals surface area contributed by atoms with E-state index in [1.807, 2.05) is 0 Å². The zero-order valence-electron chi connectivity index (χ0n) is 9.19. The molecular weight excluding hydrogens is 242 g/mol. The van der Waals surface area contributed by atoms with E-state index in [9.17, 15) is 14.9 Å². The van der Waals surface area contributed by atoms with Gasteiger partial charge in [0.25, 0.3) is 5.69 Å². The van der Waals surface area contributed by atoms with Gasteiger partial charge in [0.05, 0.1) is 4.92 Å². The van der Waals surface area contributed by atoms with Gasteiger partial charge in [-0.3, -0.25) is 14.9 Å². The normalized spacial score (nSPS) is 20.3. The molecule has 1 aromatic rings. The van der Waals surface area contributed by atoms with Crippen molar-refractivity contribution >= 4 is 23.1 Å². The van der Waals surface area contributed by atoms with Crippen molar-refractivity contribution in [1.82, 2.24) is 0 Å². The summed E-state index contributed by atoms with van der Waals surface area (Å²) >= 11 is 5.85. The molecule has 1 saturated carbocycles. The highest BCUT2D eigenvalue weighted by Crippen LogP contribution is 2.36. The van der Waals surface area contributed by atoms with E-state index in [2.05, 4.69) is 0 Å². The van der Waals surface area contributed by atoms with Gasteiger partial charge in [-0.2, -0.15) is 0 Å². The number of Topliss-reactive ketones (excluding diaryl/α,β-unsaturated/α-hetero) is 1. The van der Waals surface area contributed by atoms with E-state index in [4.69, 9.17) is 11.6 Å². The molecular formula is C12H12ClNO3. The van der Waals surface area contributed by atoms with E-state index in [1.165, 1.54) is 12.1 Å². The average molecular weight is 254 g/mol. The highest BCUT2D eigenvalue weighted by Gasteiger charge is 2.29. The van der Waals surface area contributed by atoms with Gasteiger partial charge in [0.1, 0.15) is 5.78 Å². The number of hydrogen-bond acceptors (Lipinski definition) is 3. The molecule has 0 aliphatic heterocycles. The zero-order chi connectivity index (χ0) is 12.4. The summed E-state index contributed by atoms with van der Waals surface area (Å²) in [4.78, 5) is 22.3. The van der Waals surface area contributed by atoms with E-state index in [1.54, 1.807) is 6.07 Å². The van der Waals surface area contributed by atoms with E-state index < -0.39 is 4.92 Å². The van der Waals surface area contributed by atoms with Crippen molar-refractivity contribution in [1.29, 1.82) is 0 Å². The number of nitrogens with zero attached hydrogens (tertiary/aromatic N) is 1. The maximum Gasteiger partial charge on any atom is 0.273 e. The second-order valence-corrected chi connectivity index (χ2v) is 4.66. The lowest BCUT2D eigenvalue weighted by molar-refractivity contribution is -0.385. The van der Waals surface area contributed by atoms with E-state index in [0.717, 1.165) is 12.8 Å². The molecule has 1 aliphatic rings. The maximum absolute atomic E-state index is 11.8. The third kappa shape index (κ3) is 2.47. The Morgan fingerprint density at radius 2 is 2.12 bits per heavy atom. The Morgan fingerprint density at radius 3 is 2.76 bits per heavy atom. The summed E-state index contributed by atoms with van der Waals surface area (Å²) in [7, 11) is 0. The molecule has 5 heteroatoms. The van der Waals surface area contributed by atoms with Gasteiger partial charge >= 0.3 is 0 Å². The number of hydrogen-bond donors (Lipinski definition) is 0. The third-order valence-electron chi connectivity index (χ3n) is 3.12. The topological polar surface area (TPSA) is 60.2 Å². The van der Waals surface area contributed by atoms with Crippen molar-refractivity contribution in [3.8, 4) is 0 Å². The molecule has 1 unspecified atom stereocenters. The summed E-state index contributed by atoms with van der Waals surface area (Å²) in [6.07, 6.45) is 3.00. The van der Waals surface area contributed by atoms with Gasteiger partial charge in [-0.15, -0.1) is 0 Å². The van der Waals surface area contributed by atoms with Crippen LogP contribution < -0.4 is 0 Å². The first kappa shape index (κ1) is 12.0. The van der Waals surface area contributed by atoms with Crippen molar-refractivity contribution in [2.45, 2.75) is 31.6 Å². The summed E-state index contributed by atoms with van der Waals surface area (Å²) in [5, 5.41) is 11.4. The standard InChI is InChI=1S/C12H12ClNO3/c13-8-5-6-11(14(16)17)10(7-8)9-3-1-2-4-12(9)15/h5-7,9H,1-4H2. The molecule has 1 aromatic carbocycles. The molecule has 0 radical (unpaired) electrons. The number of nitro groups is 1. The quantitative estimate of drug-likeness (QED) is 0.599. The van der Waals surface area contributed by atoms with Gasteiger partial charge in [0.2, 0.25) is 0 Å². The summed E-state index contributed by atoms with van der Waals surface area (Å²) in [5.41, 5.74) is 0.460. The molecule has 90 valence electrons. The van der Waals surface area contributed by atoms with Gasteiger partial charge < -0.3 is 0 Å². The first-order valence-corrected chi connectivity index (χ1v) is 5.94. The highest BCUT2D eigenvalue weighted by molar-refractivity contribution is 6.30. The van der Waals surface area contributed by atoms with Crippen LogP contribution in [0.15, 0.2) is 18.2 Å². The van der Waals surface area contributed by atoms with Crippen LogP contribution in [0, 0.1) is 10.1 Å². The number of carbonyl (C=O) groups excluding carboxylic acids is 1. The number of rotatable bonds is 2. The molecule has 4 nitrogen and oxygen atoms in total. The monoisotopic (exact) mass is 253 g/mol. The van der Waals surface area contributed by atoms with Crippen LogP contribution in [0.25, 0.3) is 0 Å². The average Bonchev–Trinajstić information content (AvgIpc) is 2.29. The molecule has 0 heterocycles. The van der Waals surface area contributed by atoms with Crippen molar-refractivity contribution in [2.24, 2.45) is 0 Å². The molecule has 0 N–H and O–H groups in total. The molecule has 1 atom stereocenters. The molecule has 0 spiro atoms. The SMILES string of the molecule is O=C1CCCCC1c1cc(Cl)ccc1[N+](=O)[O-]. The molecule has 1 aliphatic carbocycles. The Hall–Kier alpha value is -1.42. The Morgan fingerprint density at radius 1 is 1.35 bits per heavy atom. The van der Waals surface area contributed by atoms with Crippen molar-refractivity contribution in [2.75, 3.05) is 0 Å². The van der Waals surface area contributed by atoms with Crippen LogP contribution in [-0.2, 0) is 4.79 Å². The van der Waals surface area contributed by atoms with E-state index in [-0.39, 0.29) is 17.4 Å². The summed E-state index contributed by atoms with van der Waals surface area (Å²) in [6.45, 7) is 0. The predicted octanol–water partition coefficient (Wildman–Crippen LogP) is 3.47. The first-order valence-electron chi connectivity index (χ1n) is 5.56. The van der Waals surface area contributed by atoms with Crippen LogP contribution in [0.4, 0.5) is 5.69 Å². The Bertz CT molecular complexity index is 473. The number of ketones is 1. The molecule has 0 amide bonds. The van der Waals surface area contributed by atoms with Gasteiger partial charge in [-0.25, -0.2) is 0 Å². The van der Waals surface area contributed by atoms with Crippen molar-refractivity contribution in [3.63, 3.8) is 0 Å². The van der Waals surface area contributed by atoms with Crippen LogP contribution >= 0.6 is 11.6 Å². The smallest absolute Gasteiger partial charge is 0.273 e. The number of nitro benzene ring substituents is 1. The lowest BCUT2D eigenvalue weighted by Crippen LogP contribution is -2.18. The van der Waals surface area contributed by atoms with Gasteiger partial charge in [-0.05, 0) is 25.0 Å². The van der Waals surface area contributed by atoms with Crippen LogP contribution in [0.3, 0.4) is 0 Å². The molecule has 1 fully saturated rings.